The second-order valence-corrected chi connectivity index (χ2v) is 8.50. The van der Waals surface area contributed by atoms with Crippen molar-refractivity contribution in [1.29, 1.82) is 0 Å². The first-order chi connectivity index (χ1) is 15.5. The Balaban J connectivity index is 1.28. The maximum atomic E-state index is 12.3. The molecule has 4 aromatic rings. The van der Waals surface area contributed by atoms with E-state index in [9.17, 15) is 4.79 Å². The number of aryl methyl sites for hydroxylation is 3. The molecule has 2 heterocycles. The predicted molar refractivity (Wildman–Crippen MR) is 124 cm³/mol. The molecule has 0 unspecified atom stereocenters. The number of nitrogens with one attached hydrogen (secondary N) is 2. The van der Waals surface area contributed by atoms with Crippen molar-refractivity contribution < 1.29 is 9.32 Å². The van der Waals surface area contributed by atoms with Gasteiger partial charge in [-0.25, -0.2) is 4.98 Å². The zero-order chi connectivity index (χ0) is 22.5. The van der Waals surface area contributed by atoms with Crippen molar-refractivity contribution in [2.45, 2.75) is 37.6 Å². The summed E-state index contributed by atoms with van der Waals surface area (Å²) in [4.78, 5) is 21.1. The van der Waals surface area contributed by atoms with E-state index < -0.39 is 0 Å². The number of para-hydroxylation sites is 1. The van der Waals surface area contributed by atoms with E-state index in [0.717, 1.165) is 22.4 Å². The normalized spacial score (nSPS) is 11.0. The Morgan fingerprint density at radius 2 is 1.91 bits per heavy atom. The lowest BCUT2D eigenvalue weighted by Gasteiger charge is -2.10. The third kappa shape index (κ3) is 5.35. The van der Waals surface area contributed by atoms with Crippen molar-refractivity contribution in [3.63, 3.8) is 0 Å². The molecule has 0 fully saturated rings. The molecule has 8 nitrogen and oxygen atoms in total. The summed E-state index contributed by atoms with van der Waals surface area (Å²) in [7, 11) is 0. The summed E-state index contributed by atoms with van der Waals surface area (Å²) in [6, 6.07) is 13.3. The number of thioether (sulfide) groups is 1. The summed E-state index contributed by atoms with van der Waals surface area (Å²) >= 11 is 7.58. The zero-order valence-electron chi connectivity index (χ0n) is 17.6. The summed E-state index contributed by atoms with van der Waals surface area (Å²) in [6.07, 6.45) is 0.621. The highest BCUT2D eigenvalue weighted by Gasteiger charge is 2.13. The number of nitrogens with zero attached hydrogens (tertiary/aromatic N) is 4. The molecular weight excluding hydrogens is 448 g/mol. The fourth-order valence-corrected chi connectivity index (χ4v) is 3.96. The molecule has 0 saturated carbocycles. The molecule has 0 radical (unpaired) electrons. The molecule has 2 aromatic carbocycles. The van der Waals surface area contributed by atoms with Crippen molar-refractivity contribution in [3.05, 3.63) is 70.3 Å². The number of carbonyl (C=O) groups excluding carboxylic acids is 1. The molecule has 32 heavy (non-hydrogen) atoms. The second-order valence-electron chi connectivity index (χ2n) is 7.15. The van der Waals surface area contributed by atoms with Crippen LogP contribution >= 0.6 is 23.4 Å². The lowest BCUT2D eigenvalue weighted by molar-refractivity contribution is -0.116. The summed E-state index contributed by atoms with van der Waals surface area (Å²) in [6.45, 7) is 3.94. The van der Waals surface area contributed by atoms with Gasteiger partial charge >= 0.3 is 0 Å². The number of aromatic nitrogens is 5. The molecule has 0 bridgehead atoms. The average Bonchev–Trinajstić information content (AvgIpc) is 3.43. The standard InChI is InChI=1S/C22H21ClN6O2S/c1-13-6-5-7-14(2)20(13)25-18(30)10-11-19-24-17(29-31-19)12-32-22-26-21(27-28-22)15-8-3-4-9-16(15)23/h3-9H,10-12H2,1-2H3,(H,25,30)(H,26,27,28). The molecule has 0 aliphatic carbocycles. The van der Waals surface area contributed by atoms with Gasteiger partial charge in [0, 0.05) is 24.1 Å². The number of amides is 1. The predicted octanol–water partition coefficient (Wildman–Crippen LogP) is 4.99. The van der Waals surface area contributed by atoms with Gasteiger partial charge in [0.2, 0.25) is 17.0 Å². The SMILES string of the molecule is Cc1cccc(C)c1NC(=O)CCc1nc(CSc2n[nH]c(-c3ccccc3Cl)n2)no1. The number of benzene rings is 2. The van der Waals surface area contributed by atoms with E-state index in [1.807, 2.05) is 50.2 Å². The van der Waals surface area contributed by atoms with E-state index in [0.29, 0.717) is 39.9 Å². The van der Waals surface area contributed by atoms with Gasteiger partial charge in [0.05, 0.1) is 10.8 Å². The number of hydrogen-bond donors (Lipinski definition) is 2. The lowest BCUT2D eigenvalue weighted by atomic mass is 10.1. The van der Waals surface area contributed by atoms with Crippen LogP contribution in [0.3, 0.4) is 0 Å². The maximum absolute atomic E-state index is 12.3. The number of H-pyrrole nitrogens is 1. The Hall–Kier alpha value is -3.17. The van der Waals surface area contributed by atoms with Gasteiger partial charge in [0.1, 0.15) is 0 Å². The smallest absolute Gasteiger partial charge is 0.227 e. The third-order valence-corrected chi connectivity index (χ3v) is 5.92. The molecule has 10 heteroatoms. The van der Waals surface area contributed by atoms with Gasteiger partial charge in [-0.1, -0.05) is 58.9 Å². The van der Waals surface area contributed by atoms with Crippen LogP contribution in [-0.4, -0.2) is 31.2 Å². The van der Waals surface area contributed by atoms with Crippen LogP contribution < -0.4 is 5.32 Å². The first-order valence-corrected chi connectivity index (χ1v) is 11.3. The van der Waals surface area contributed by atoms with Gasteiger partial charge in [0.25, 0.3) is 0 Å². The largest absolute Gasteiger partial charge is 0.339 e. The maximum Gasteiger partial charge on any atom is 0.227 e. The third-order valence-electron chi connectivity index (χ3n) is 4.75. The van der Waals surface area contributed by atoms with Crippen LogP contribution in [-0.2, 0) is 17.0 Å². The van der Waals surface area contributed by atoms with Crippen LogP contribution in [0.1, 0.15) is 29.3 Å². The van der Waals surface area contributed by atoms with Crippen molar-refractivity contribution >= 4 is 35.0 Å². The molecule has 4 rings (SSSR count). The monoisotopic (exact) mass is 468 g/mol. The van der Waals surface area contributed by atoms with Gasteiger partial charge < -0.3 is 9.84 Å². The van der Waals surface area contributed by atoms with E-state index in [2.05, 4.69) is 30.6 Å². The fraction of sp³-hybridized carbons (Fsp3) is 0.227. The van der Waals surface area contributed by atoms with E-state index in [4.69, 9.17) is 16.1 Å². The fourth-order valence-electron chi connectivity index (χ4n) is 3.10. The lowest BCUT2D eigenvalue weighted by Crippen LogP contribution is -2.14. The Morgan fingerprint density at radius 1 is 1.12 bits per heavy atom. The van der Waals surface area contributed by atoms with E-state index in [-0.39, 0.29) is 12.3 Å². The minimum atomic E-state index is -0.0932. The van der Waals surface area contributed by atoms with Gasteiger partial charge in [-0.15, -0.1) is 5.10 Å². The van der Waals surface area contributed by atoms with E-state index in [1.165, 1.54) is 11.8 Å². The molecule has 2 aromatic heterocycles. The van der Waals surface area contributed by atoms with Crippen LogP contribution in [0.2, 0.25) is 5.02 Å². The molecule has 0 atom stereocenters. The van der Waals surface area contributed by atoms with Gasteiger partial charge in [0.15, 0.2) is 11.6 Å². The minimum absolute atomic E-state index is 0.0932. The van der Waals surface area contributed by atoms with Gasteiger partial charge in [-0.2, -0.15) is 4.98 Å². The average molecular weight is 469 g/mol. The Bertz CT molecular complexity index is 1220. The molecule has 0 aliphatic rings. The van der Waals surface area contributed by atoms with Crippen molar-refractivity contribution in [2.24, 2.45) is 0 Å². The van der Waals surface area contributed by atoms with Crippen LogP contribution in [0.4, 0.5) is 5.69 Å². The van der Waals surface area contributed by atoms with Crippen LogP contribution in [0.15, 0.2) is 52.1 Å². The minimum Gasteiger partial charge on any atom is -0.339 e. The molecule has 2 N–H and O–H groups in total. The highest BCUT2D eigenvalue weighted by molar-refractivity contribution is 7.98. The van der Waals surface area contributed by atoms with Crippen LogP contribution in [0, 0.1) is 13.8 Å². The Labute approximate surface area is 194 Å². The highest BCUT2D eigenvalue weighted by Crippen LogP contribution is 2.27. The number of rotatable bonds is 8. The van der Waals surface area contributed by atoms with Crippen molar-refractivity contribution in [1.82, 2.24) is 25.3 Å². The highest BCUT2D eigenvalue weighted by atomic mass is 35.5. The summed E-state index contributed by atoms with van der Waals surface area (Å²) in [5.41, 5.74) is 3.69. The molecule has 164 valence electrons. The molecule has 0 aliphatic heterocycles. The number of anilines is 1. The number of halogens is 1. The number of aromatic amines is 1. The molecule has 0 spiro atoms. The first-order valence-electron chi connectivity index (χ1n) is 9.97. The van der Waals surface area contributed by atoms with E-state index in [1.54, 1.807) is 6.07 Å². The van der Waals surface area contributed by atoms with Crippen molar-refractivity contribution in [3.8, 4) is 11.4 Å². The van der Waals surface area contributed by atoms with Crippen LogP contribution in [0.25, 0.3) is 11.4 Å². The first kappa shape index (κ1) is 22.0. The zero-order valence-corrected chi connectivity index (χ0v) is 19.1. The summed E-state index contributed by atoms with van der Waals surface area (Å²) < 4.78 is 5.27. The van der Waals surface area contributed by atoms with Gasteiger partial charge in [-0.3, -0.25) is 9.89 Å². The molecule has 0 saturated heterocycles. The summed E-state index contributed by atoms with van der Waals surface area (Å²) in [5.74, 6) is 1.89. The number of carbonyl (C=O) groups is 1. The topological polar surface area (TPSA) is 110 Å². The molecular formula is C22H21ClN6O2S. The quantitative estimate of drug-likeness (QED) is 0.350. The Morgan fingerprint density at radius 3 is 2.69 bits per heavy atom. The number of hydrogen-bond acceptors (Lipinski definition) is 7. The summed E-state index contributed by atoms with van der Waals surface area (Å²) in [5, 5.41) is 15.2. The van der Waals surface area contributed by atoms with E-state index >= 15 is 0 Å². The second kappa shape index (κ2) is 9.97. The van der Waals surface area contributed by atoms with Gasteiger partial charge in [-0.05, 0) is 37.1 Å². The molecule has 1 amide bonds. The van der Waals surface area contributed by atoms with Crippen LogP contribution in [0.5, 0.6) is 0 Å². The van der Waals surface area contributed by atoms with Crippen molar-refractivity contribution in [2.75, 3.05) is 5.32 Å². The Kier molecular flexibility index (Phi) is 6.87.